The van der Waals surface area contributed by atoms with Crippen LogP contribution in [0.5, 0.6) is 5.75 Å². The number of methoxy groups -OCH3 is 2. The third kappa shape index (κ3) is 2.88. The van der Waals surface area contributed by atoms with Crippen LogP contribution in [0, 0.1) is 11.3 Å². The lowest BCUT2D eigenvalue weighted by molar-refractivity contribution is -0.161. The highest BCUT2D eigenvalue weighted by Gasteiger charge is 2.71. The van der Waals surface area contributed by atoms with Gasteiger partial charge >= 0.3 is 5.97 Å². The summed E-state index contributed by atoms with van der Waals surface area (Å²) < 4.78 is 11.0. The fourth-order valence-electron chi connectivity index (χ4n) is 7.50. The molecule has 5 nitrogen and oxygen atoms in total. The maximum Gasteiger partial charge on any atom is 0.314 e. The zero-order chi connectivity index (χ0) is 25.1. The molecule has 3 aliphatic carbocycles. The molecule has 0 spiro atoms. The topological polar surface area (TPSA) is 55.8 Å². The van der Waals surface area contributed by atoms with Crippen LogP contribution >= 0.6 is 11.3 Å². The van der Waals surface area contributed by atoms with Crippen LogP contribution in [0.15, 0.2) is 71.9 Å². The van der Waals surface area contributed by atoms with E-state index in [2.05, 4.69) is 47.7 Å². The van der Waals surface area contributed by atoms with Crippen molar-refractivity contribution in [2.24, 2.45) is 11.3 Å². The van der Waals surface area contributed by atoms with Crippen molar-refractivity contribution in [2.75, 3.05) is 27.3 Å². The maximum atomic E-state index is 13.9. The molecule has 2 aromatic carbocycles. The number of fused-ring (bicyclic) bond motifs is 1. The molecule has 2 fully saturated rings. The summed E-state index contributed by atoms with van der Waals surface area (Å²) in [5, 5.41) is 4.32. The number of benzene rings is 2. The predicted octanol–water partition coefficient (Wildman–Crippen LogP) is 5.27. The number of hydrogen-bond acceptors (Lipinski definition) is 5. The van der Waals surface area contributed by atoms with Crippen molar-refractivity contribution in [1.82, 2.24) is 4.90 Å². The Morgan fingerprint density at radius 2 is 1.86 bits per heavy atom. The van der Waals surface area contributed by atoms with Crippen LogP contribution in [0.1, 0.15) is 41.0 Å². The number of esters is 1. The molecule has 2 heterocycles. The summed E-state index contributed by atoms with van der Waals surface area (Å²) in [5.74, 6) is 0.141. The zero-order valence-electron chi connectivity index (χ0n) is 20.5. The van der Waals surface area contributed by atoms with Crippen molar-refractivity contribution >= 4 is 28.8 Å². The number of nitrogens with zero attached hydrogens (tertiary/aromatic N) is 1. The number of hydrogen-bond donors (Lipinski definition) is 0. The van der Waals surface area contributed by atoms with E-state index in [1.165, 1.54) is 23.8 Å². The third-order valence-electron chi connectivity index (χ3n) is 8.92. The van der Waals surface area contributed by atoms with Gasteiger partial charge in [-0.25, -0.2) is 0 Å². The van der Waals surface area contributed by atoms with Crippen LogP contribution in [0.2, 0.25) is 0 Å². The predicted molar refractivity (Wildman–Crippen MR) is 140 cm³/mol. The Morgan fingerprint density at radius 1 is 1.08 bits per heavy atom. The maximum absolute atomic E-state index is 13.9. The number of rotatable bonds is 5. The second-order valence-electron chi connectivity index (χ2n) is 10.1. The highest BCUT2D eigenvalue weighted by Crippen LogP contribution is 2.69. The molecule has 4 unspecified atom stereocenters. The van der Waals surface area contributed by atoms with Gasteiger partial charge in [-0.05, 0) is 52.4 Å². The Morgan fingerprint density at radius 3 is 2.61 bits per heavy atom. The van der Waals surface area contributed by atoms with Gasteiger partial charge in [0.05, 0.1) is 19.6 Å². The van der Waals surface area contributed by atoms with Gasteiger partial charge in [0, 0.05) is 41.5 Å². The van der Waals surface area contributed by atoms with Crippen molar-refractivity contribution in [3.05, 3.63) is 94.2 Å². The number of carbonyl (C=O) groups is 2. The molecule has 6 heteroatoms. The first-order valence-corrected chi connectivity index (χ1v) is 13.3. The molecule has 4 aliphatic rings. The van der Waals surface area contributed by atoms with E-state index in [1.54, 1.807) is 18.4 Å². The normalized spacial score (nSPS) is 27.8. The van der Waals surface area contributed by atoms with Crippen molar-refractivity contribution in [1.29, 1.82) is 0 Å². The highest BCUT2D eigenvalue weighted by molar-refractivity contribution is 7.08. The molecule has 2 bridgehead atoms. The molecule has 7 rings (SSSR count). The lowest BCUT2D eigenvalue weighted by atomic mass is 9.42. The Balaban J connectivity index is 1.49. The van der Waals surface area contributed by atoms with E-state index in [0.29, 0.717) is 30.0 Å². The number of amides is 1. The Kier molecular flexibility index (Phi) is 5.34. The van der Waals surface area contributed by atoms with E-state index in [9.17, 15) is 9.59 Å². The largest absolute Gasteiger partial charge is 0.496 e. The minimum Gasteiger partial charge on any atom is -0.496 e. The van der Waals surface area contributed by atoms with E-state index >= 15 is 0 Å². The molecule has 3 aromatic rings. The molecule has 1 aromatic heterocycles. The van der Waals surface area contributed by atoms with Crippen LogP contribution in [0.4, 0.5) is 0 Å². The van der Waals surface area contributed by atoms with Gasteiger partial charge in [-0.2, -0.15) is 11.3 Å². The van der Waals surface area contributed by atoms with Crippen LogP contribution in [0.25, 0.3) is 5.57 Å². The molecular weight excluding hydrogens is 470 g/mol. The summed E-state index contributed by atoms with van der Waals surface area (Å²) in [6.07, 6.45) is 1.83. The molecule has 1 saturated heterocycles. The molecule has 1 saturated carbocycles. The quantitative estimate of drug-likeness (QED) is 0.355. The number of likely N-dealkylation sites (tertiary alicyclic amines) is 1. The first-order valence-electron chi connectivity index (χ1n) is 12.3. The molecule has 4 atom stereocenters. The Bertz CT molecular complexity index is 1360. The molecular formula is C30H29NO4S. The summed E-state index contributed by atoms with van der Waals surface area (Å²) in [4.78, 5) is 29.6. The van der Waals surface area contributed by atoms with Gasteiger partial charge in [0.25, 0.3) is 5.91 Å². The van der Waals surface area contributed by atoms with Crippen LogP contribution < -0.4 is 4.74 Å². The smallest absolute Gasteiger partial charge is 0.314 e. The van der Waals surface area contributed by atoms with Crippen molar-refractivity contribution in [3.8, 4) is 5.75 Å². The second-order valence-corrected chi connectivity index (χ2v) is 10.9. The van der Waals surface area contributed by atoms with Crippen molar-refractivity contribution in [3.63, 3.8) is 0 Å². The molecule has 0 radical (unpaired) electrons. The van der Waals surface area contributed by atoms with Gasteiger partial charge in [-0.3, -0.25) is 9.59 Å². The number of carbonyl (C=O) groups excluding carboxylic acids is 2. The van der Waals surface area contributed by atoms with Gasteiger partial charge in [0.2, 0.25) is 0 Å². The summed E-state index contributed by atoms with van der Waals surface area (Å²) >= 11 is 1.67. The van der Waals surface area contributed by atoms with E-state index in [4.69, 9.17) is 9.47 Å². The number of ether oxygens (including phenoxy) is 2. The van der Waals surface area contributed by atoms with Gasteiger partial charge < -0.3 is 14.4 Å². The fraction of sp³-hybridized carbons (Fsp3) is 0.333. The lowest BCUT2D eigenvalue weighted by Gasteiger charge is -2.59. The Labute approximate surface area is 215 Å². The van der Waals surface area contributed by atoms with E-state index in [-0.39, 0.29) is 29.1 Å². The number of thiophene rings is 1. The number of para-hydroxylation sites is 1. The molecule has 36 heavy (non-hydrogen) atoms. The van der Waals surface area contributed by atoms with Crippen molar-refractivity contribution in [2.45, 2.75) is 24.2 Å². The lowest BCUT2D eigenvalue weighted by Crippen LogP contribution is -2.60. The molecule has 184 valence electrons. The van der Waals surface area contributed by atoms with Gasteiger partial charge in [0.1, 0.15) is 5.75 Å². The van der Waals surface area contributed by atoms with Crippen LogP contribution in [-0.4, -0.2) is 44.1 Å². The zero-order valence-corrected chi connectivity index (χ0v) is 21.3. The van der Waals surface area contributed by atoms with Crippen molar-refractivity contribution < 1.29 is 19.1 Å². The summed E-state index contributed by atoms with van der Waals surface area (Å²) in [6.45, 7) is 4.95. The van der Waals surface area contributed by atoms with Gasteiger partial charge in [-0.15, -0.1) is 0 Å². The third-order valence-corrected chi connectivity index (χ3v) is 9.60. The van der Waals surface area contributed by atoms with E-state index < -0.39 is 5.41 Å². The molecule has 1 aliphatic heterocycles. The fourth-order valence-corrected chi connectivity index (χ4v) is 8.24. The minimum atomic E-state index is -0.806. The van der Waals surface area contributed by atoms with E-state index in [1.807, 2.05) is 29.2 Å². The summed E-state index contributed by atoms with van der Waals surface area (Å²) in [5.41, 5.74) is 3.64. The summed E-state index contributed by atoms with van der Waals surface area (Å²) in [7, 11) is 3.06. The minimum absolute atomic E-state index is 0.00369. The highest BCUT2D eigenvalue weighted by atomic mass is 32.1. The Hall–Kier alpha value is -3.38. The SMILES string of the molecule is C=C(C(=O)N1CC2C3(c4ccsc4)CCC(c4ccccc43)C2(C(=O)OC)C1)c1ccccc1OC. The average molecular weight is 500 g/mol. The molecule has 0 N–H and O–H groups in total. The van der Waals surface area contributed by atoms with Gasteiger partial charge in [0.15, 0.2) is 0 Å². The standard InChI is InChI=1S/C30H29NO4S/c1-19(21-8-5-7-11-25(21)34-2)27(32)31-16-26-29(20-13-15-36-17-20)14-12-24(22-9-4-6-10-23(22)29)30(26,18-31)28(33)35-3/h4-11,13,15,17,24,26H,1,12,14,16,18H2,2-3H3. The van der Waals surface area contributed by atoms with Crippen LogP contribution in [-0.2, 0) is 19.7 Å². The van der Waals surface area contributed by atoms with Crippen LogP contribution in [0.3, 0.4) is 0 Å². The second kappa shape index (κ2) is 8.34. The summed E-state index contributed by atoms with van der Waals surface area (Å²) in [6, 6.07) is 18.2. The first-order chi connectivity index (χ1) is 17.5. The molecule has 1 amide bonds. The average Bonchev–Trinajstić information content (AvgIpc) is 3.62. The van der Waals surface area contributed by atoms with E-state index in [0.717, 1.165) is 12.8 Å². The van der Waals surface area contributed by atoms with Gasteiger partial charge in [-0.1, -0.05) is 49.0 Å². The first kappa shape index (κ1) is 23.0. The monoisotopic (exact) mass is 499 g/mol.